The summed E-state index contributed by atoms with van der Waals surface area (Å²) < 4.78 is 5.48. The third-order valence-corrected chi connectivity index (χ3v) is 6.69. The first-order chi connectivity index (χ1) is 16.8. The van der Waals surface area contributed by atoms with E-state index >= 15 is 0 Å². The highest BCUT2D eigenvalue weighted by atomic mass is 32.1. The average Bonchev–Trinajstić information content (AvgIpc) is 3.32. The Hall–Kier alpha value is -4.26. The smallest absolute Gasteiger partial charge is 0.341 e. The highest BCUT2D eigenvalue weighted by Gasteiger charge is 2.29. The Bertz CT molecular complexity index is 1510. The molecule has 0 unspecified atom stereocenters. The van der Waals surface area contributed by atoms with Gasteiger partial charge in [-0.2, -0.15) is 4.37 Å². The standard InChI is InChI=1S/C22H19N7O5S/c1-12-6-17(27-8-13(9-27)2-3-14-7-15(29(33)34)4-5-23-14)26-20-18(12)19(30)16(21(31)32)10-28(20)22-24-11-25-35-22/h4-7,10-11,13H,2-3,8-9H2,1H3,(H,31,32). The second-order valence-corrected chi connectivity index (χ2v) is 9.10. The van der Waals surface area contributed by atoms with Gasteiger partial charge in [-0.25, -0.2) is 14.8 Å². The topological polar surface area (TPSA) is 157 Å². The second kappa shape index (κ2) is 8.83. The first kappa shape index (κ1) is 22.5. The van der Waals surface area contributed by atoms with E-state index in [1.54, 1.807) is 13.0 Å². The van der Waals surface area contributed by atoms with Gasteiger partial charge in [-0.3, -0.25) is 24.5 Å². The predicted molar refractivity (Wildman–Crippen MR) is 127 cm³/mol. The van der Waals surface area contributed by atoms with Crippen LogP contribution in [0.1, 0.15) is 28.0 Å². The van der Waals surface area contributed by atoms with Gasteiger partial charge in [0.2, 0.25) is 10.6 Å². The summed E-state index contributed by atoms with van der Waals surface area (Å²) in [6.07, 6.45) is 5.52. The lowest BCUT2D eigenvalue weighted by Crippen LogP contribution is -2.47. The van der Waals surface area contributed by atoms with Crippen molar-refractivity contribution in [2.45, 2.75) is 19.8 Å². The van der Waals surface area contributed by atoms with E-state index in [4.69, 9.17) is 4.98 Å². The molecule has 13 heteroatoms. The van der Waals surface area contributed by atoms with Crippen LogP contribution in [-0.2, 0) is 6.42 Å². The van der Waals surface area contributed by atoms with Gasteiger partial charge in [0.05, 0.1) is 10.3 Å². The van der Waals surface area contributed by atoms with Crippen molar-refractivity contribution in [1.82, 2.24) is 23.9 Å². The van der Waals surface area contributed by atoms with E-state index in [0.717, 1.165) is 31.0 Å². The quantitative estimate of drug-likeness (QED) is 0.300. The average molecular weight is 494 g/mol. The normalized spacial score (nSPS) is 13.7. The lowest BCUT2D eigenvalue weighted by molar-refractivity contribution is -0.385. The summed E-state index contributed by atoms with van der Waals surface area (Å²) in [7, 11) is 0. The summed E-state index contributed by atoms with van der Waals surface area (Å²) >= 11 is 1.07. The summed E-state index contributed by atoms with van der Waals surface area (Å²) in [5.74, 6) is -0.267. The van der Waals surface area contributed by atoms with Crippen molar-refractivity contribution >= 4 is 40.0 Å². The van der Waals surface area contributed by atoms with Gasteiger partial charge in [-0.15, -0.1) is 0 Å². The van der Waals surface area contributed by atoms with Crippen LogP contribution in [0.5, 0.6) is 0 Å². The molecule has 4 aromatic heterocycles. The third kappa shape index (κ3) is 4.21. The number of carboxylic acids is 1. The number of anilines is 1. The molecule has 5 rings (SSSR count). The number of carboxylic acid groups (broad SMARTS) is 1. The van der Waals surface area contributed by atoms with Crippen molar-refractivity contribution in [2.24, 2.45) is 5.92 Å². The Morgan fingerprint density at radius 1 is 1.31 bits per heavy atom. The molecule has 0 saturated carbocycles. The molecule has 0 bridgehead atoms. The summed E-state index contributed by atoms with van der Waals surface area (Å²) in [5, 5.41) is 21.1. The molecule has 0 atom stereocenters. The van der Waals surface area contributed by atoms with E-state index in [1.165, 1.54) is 35.4 Å². The summed E-state index contributed by atoms with van der Waals surface area (Å²) in [5.41, 5.74) is 0.734. The number of aromatic carboxylic acids is 1. The molecule has 178 valence electrons. The Kier molecular flexibility index (Phi) is 5.68. The van der Waals surface area contributed by atoms with Gasteiger partial charge >= 0.3 is 5.97 Å². The molecule has 4 aromatic rings. The first-order valence-electron chi connectivity index (χ1n) is 10.7. The maximum Gasteiger partial charge on any atom is 0.341 e. The molecular weight excluding hydrogens is 474 g/mol. The first-order valence-corrected chi connectivity index (χ1v) is 11.5. The van der Waals surface area contributed by atoms with Crippen LogP contribution in [0, 0.1) is 23.0 Å². The van der Waals surface area contributed by atoms with Crippen molar-refractivity contribution in [2.75, 3.05) is 18.0 Å². The molecule has 0 radical (unpaired) electrons. The molecular formula is C22H19N7O5S. The van der Waals surface area contributed by atoms with Gasteiger partial charge in [0.1, 0.15) is 17.7 Å². The number of nitro groups is 1. The monoisotopic (exact) mass is 493 g/mol. The van der Waals surface area contributed by atoms with Crippen LogP contribution >= 0.6 is 11.5 Å². The van der Waals surface area contributed by atoms with E-state index in [-0.39, 0.29) is 16.6 Å². The SMILES string of the molecule is Cc1cc(N2CC(CCc3cc([N+](=O)[O-])ccn3)C2)nc2c1c(=O)c(C(=O)O)cn2-c1ncns1. The van der Waals surface area contributed by atoms with Crippen LogP contribution < -0.4 is 10.3 Å². The molecule has 5 heterocycles. The molecule has 1 aliphatic rings. The van der Waals surface area contributed by atoms with Gasteiger partial charge < -0.3 is 10.0 Å². The van der Waals surface area contributed by atoms with Gasteiger partial charge in [-0.05, 0) is 37.3 Å². The highest BCUT2D eigenvalue weighted by Crippen LogP contribution is 2.30. The van der Waals surface area contributed by atoms with Gasteiger partial charge in [0.15, 0.2) is 5.65 Å². The number of hydrogen-bond acceptors (Lipinski definition) is 10. The van der Waals surface area contributed by atoms with Crippen LogP contribution in [0.25, 0.3) is 16.2 Å². The molecule has 0 aromatic carbocycles. The minimum Gasteiger partial charge on any atom is -0.477 e. The van der Waals surface area contributed by atoms with Gasteiger partial charge in [0, 0.05) is 54.8 Å². The minimum absolute atomic E-state index is 0.0357. The third-order valence-electron chi connectivity index (χ3n) is 6.03. The van der Waals surface area contributed by atoms with Crippen LogP contribution in [-0.4, -0.2) is 53.0 Å². The summed E-state index contributed by atoms with van der Waals surface area (Å²) in [6, 6.07) is 4.67. The van der Waals surface area contributed by atoms with E-state index in [1.807, 2.05) is 0 Å². The maximum absolute atomic E-state index is 12.9. The number of pyridine rings is 3. The molecule has 1 saturated heterocycles. The number of aromatic nitrogens is 5. The fraction of sp³-hybridized carbons (Fsp3) is 0.273. The van der Waals surface area contributed by atoms with E-state index in [2.05, 4.69) is 19.2 Å². The summed E-state index contributed by atoms with van der Waals surface area (Å²) in [6.45, 7) is 3.24. The van der Waals surface area contributed by atoms with Crippen molar-refractivity contribution in [3.8, 4) is 5.13 Å². The zero-order chi connectivity index (χ0) is 24.7. The Morgan fingerprint density at radius 2 is 2.11 bits per heavy atom. The number of carbonyl (C=O) groups is 1. The van der Waals surface area contributed by atoms with Crippen LogP contribution in [0.3, 0.4) is 0 Å². The van der Waals surface area contributed by atoms with Crippen molar-refractivity contribution in [3.05, 3.63) is 74.1 Å². The molecule has 0 amide bonds. The lowest BCUT2D eigenvalue weighted by Gasteiger charge is -2.40. The minimum atomic E-state index is -1.32. The predicted octanol–water partition coefficient (Wildman–Crippen LogP) is 2.62. The van der Waals surface area contributed by atoms with Gasteiger partial charge in [0.25, 0.3) is 5.69 Å². The van der Waals surface area contributed by atoms with Crippen molar-refractivity contribution in [3.63, 3.8) is 0 Å². The van der Waals surface area contributed by atoms with Crippen LogP contribution in [0.4, 0.5) is 11.5 Å². The van der Waals surface area contributed by atoms with E-state index in [0.29, 0.717) is 40.2 Å². The summed E-state index contributed by atoms with van der Waals surface area (Å²) in [4.78, 5) is 50.3. The molecule has 0 aliphatic carbocycles. The van der Waals surface area contributed by atoms with Crippen LogP contribution in [0.2, 0.25) is 0 Å². The molecule has 1 aliphatic heterocycles. The molecule has 1 fully saturated rings. The maximum atomic E-state index is 12.9. The van der Waals surface area contributed by atoms with E-state index in [9.17, 15) is 24.8 Å². The lowest BCUT2D eigenvalue weighted by atomic mass is 9.93. The fourth-order valence-electron chi connectivity index (χ4n) is 4.22. The van der Waals surface area contributed by atoms with Gasteiger partial charge in [-0.1, -0.05) is 0 Å². The second-order valence-electron chi connectivity index (χ2n) is 8.34. The molecule has 12 nitrogen and oxygen atoms in total. The zero-order valence-corrected chi connectivity index (χ0v) is 19.3. The highest BCUT2D eigenvalue weighted by molar-refractivity contribution is 7.08. The molecule has 0 spiro atoms. The zero-order valence-electron chi connectivity index (χ0n) is 18.5. The molecule has 35 heavy (non-hydrogen) atoms. The Labute approximate surface area is 201 Å². The Balaban J connectivity index is 1.39. The number of nitrogens with zero attached hydrogens (tertiary/aromatic N) is 7. The van der Waals surface area contributed by atoms with Crippen molar-refractivity contribution in [1.29, 1.82) is 0 Å². The van der Waals surface area contributed by atoms with E-state index < -0.39 is 16.3 Å². The number of fused-ring (bicyclic) bond motifs is 1. The van der Waals surface area contributed by atoms with Crippen LogP contribution in [0.15, 0.2) is 41.7 Å². The largest absolute Gasteiger partial charge is 0.477 e. The van der Waals surface area contributed by atoms with Crippen molar-refractivity contribution < 1.29 is 14.8 Å². The number of aryl methyl sites for hydroxylation is 2. The number of rotatable bonds is 7. The Morgan fingerprint density at radius 3 is 2.80 bits per heavy atom. The molecule has 1 N–H and O–H groups in total. The fourth-order valence-corrected chi connectivity index (χ4v) is 4.73. The number of hydrogen-bond donors (Lipinski definition) is 1.